The fourth-order valence-corrected chi connectivity index (χ4v) is 1.09. The minimum atomic E-state index is 0.116. The Morgan fingerprint density at radius 2 is 1.87 bits per heavy atom. The molecule has 0 unspecified atom stereocenters. The lowest BCUT2D eigenvalue weighted by Gasteiger charge is -2.08. The van der Waals surface area contributed by atoms with Crippen molar-refractivity contribution in [3.63, 3.8) is 0 Å². The highest BCUT2D eigenvalue weighted by atomic mass is 16.5. The normalized spacial score (nSPS) is 9.73. The maximum atomic E-state index is 8.67. The van der Waals surface area contributed by atoms with Gasteiger partial charge in [0.2, 0.25) is 0 Å². The van der Waals surface area contributed by atoms with Crippen LogP contribution >= 0.6 is 0 Å². The molecule has 0 aliphatic heterocycles. The molecule has 0 heterocycles. The first-order valence-corrected chi connectivity index (χ1v) is 4.80. The van der Waals surface area contributed by atoms with Gasteiger partial charge in [-0.2, -0.15) is 0 Å². The van der Waals surface area contributed by atoms with Gasteiger partial charge < -0.3 is 14.6 Å². The van der Waals surface area contributed by atoms with Crippen LogP contribution in [-0.4, -0.2) is 25.4 Å². The average Bonchev–Trinajstić information content (AvgIpc) is 2.27. The van der Waals surface area contributed by atoms with Gasteiger partial charge in [0.15, 0.2) is 0 Å². The van der Waals surface area contributed by atoms with Crippen molar-refractivity contribution in [2.75, 3.05) is 20.3 Å². The standard InChI is InChI=1S/C12H16O3/c1-10(7-8-13)9-15-12-5-3-11(14-2)4-6-12/h3-6,13H,1,7-9H2,2H3. The van der Waals surface area contributed by atoms with Crippen molar-refractivity contribution in [2.24, 2.45) is 0 Å². The largest absolute Gasteiger partial charge is 0.497 e. The van der Waals surface area contributed by atoms with Crippen molar-refractivity contribution in [1.82, 2.24) is 0 Å². The highest BCUT2D eigenvalue weighted by molar-refractivity contribution is 5.31. The Hall–Kier alpha value is -1.48. The lowest BCUT2D eigenvalue weighted by Crippen LogP contribution is -2.01. The van der Waals surface area contributed by atoms with E-state index in [1.807, 2.05) is 24.3 Å². The van der Waals surface area contributed by atoms with Crippen LogP contribution in [0, 0.1) is 0 Å². The molecular formula is C12H16O3. The summed E-state index contributed by atoms with van der Waals surface area (Å²) < 4.78 is 10.5. The zero-order valence-corrected chi connectivity index (χ0v) is 8.90. The van der Waals surface area contributed by atoms with Gasteiger partial charge in [-0.3, -0.25) is 0 Å². The summed E-state index contributed by atoms with van der Waals surface area (Å²) in [6.45, 7) is 4.34. The number of benzene rings is 1. The summed E-state index contributed by atoms with van der Waals surface area (Å²) in [6.07, 6.45) is 0.580. The molecule has 1 N–H and O–H groups in total. The molecule has 3 heteroatoms. The van der Waals surface area contributed by atoms with E-state index in [0.29, 0.717) is 13.0 Å². The van der Waals surface area contributed by atoms with Crippen LogP contribution < -0.4 is 9.47 Å². The predicted octanol–water partition coefficient (Wildman–Crippen LogP) is 2.01. The van der Waals surface area contributed by atoms with Crippen molar-refractivity contribution in [2.45, 2.75) is 6.42 Å². The first kappa shape index (κ1) is 11.6. The fraction of sp³-hybridized carbons (Fsp3) is 0.333. The maximum absolute atomic E-state index is 8.67. The molecule has 0 aromatic heterocycles. The third-order valence-electron chi connectivity index (χ3n) is 1.97. The van der Waals surface area contributed by atoms with Gasteiger partial charge in [0.05, 0.1) is 7.11 Å². The molecular weight excluding hydrogens is 192 g/mol. The molecule has 0 aliphatic carbocycles. The van der Waals surface area contributed by atoms with E-state index in [-0.39, 0.29) is 6.61 Å². The molecule has 0 atom stereocenters. The van der Waals surface area contributed by atoms with Crippen molar-refractivity contribution >= 4 is 0 Å². The van der Waals surface area contributed by atoms with E-state index in [4.69, 9.17) is 14.6 Å². The molecule has 0 bridgehead atoms. The molecule has 0 aliphatic rings. The predicted molar refractivity (Wildman–Crippen MR) is 59.3 cm³/mol. The first-order chi connectivity index (χ1) is 7.26. The Labute approximate surface area is 90.0 Å². The fourth-order valence-electron chi connectivity index (χ4n) is 1.09. The molecule has 0 radical (unpaired) electrons. The van der Waals surface area contributed by atoms with Gasteiger partial charge in [0.1, 0.15) is 18.1 Å². The van der Waals surface area contributed by atoms with Crippen LogP contribution in [0.15, 0.2) is 36.4 Å². The number of rotatable bonds is 6. The molecule has 15 heavy (non-hydrogen) atoms. The number of aliphatic hydroxyl groups excluding tert-OH is 1. The van der Waals surface area contributed by atoms with Crippen LogP contribution in [0.2, 0.25) is 0 Å². The molecule has 3 nitrogen and oxygen atoms in total. The van der Waals surface area contributed by atoms with Crippen LogP contribution in [-0.2, 0) is 0 Å². The summed E-state index contributed by atoms with van der Waals surface area (Å²) >= 11 is 0. The SMILES string of the molecule is C=C(CCO)COc1ccc(OC)cc1. The summed E-state index contributed by atoms with van der Waals surface area (Å²) in [5, 5.41) is 8.67. The van der Waals surface area contributed by atoms with Gasteiger partial charge >= 0.3 is 0 Å². The van der Waals surface area contributed by atoms with Crippen molar-refractivity contribution in [3.05, 3.63) is 36.4 Å². The van der Waals surface area contributed by atoms with E-state index in [1.54, 1.807) is 7.11 Å². The second kappa shape index (κ2) is 6.09. The maximum Gasteiger partial charge on any atom is 0.120 e. The van der Waals surface area contributed by atoms with E-state index in [0.717, 1.165) is 17.1 Å². The highest BCUT2D eigenvalue weighted by Crippen LogP contribution is 2.17. The summed E-state index contributed by atoms with van der Waals surface area (Å²) in [6, 6.07) is 7.35. The smallest absolute Gasteiger partial charge is 0.120 e. The van der Waals surface area contributed by atoms with Crippen molar-refractivity contribution < 1.29 is 14.6 Å². The Morgan fingerprint density at radius 1 is 1.27 bits per heavy atom. The molecule has 82 valence electrons. The van der Waals surface area contributed by atoms with E-state index in [1.165, 1.54) is 0 Å². The number of hydrogen-bond donors (Lipinski definition) is 1. The first-order valence-electron chi connectivity index (χ1n) is 4.80. The summed E-state index contributed by atoms with van der Waals surface area (Å²) in [4.78, 5) is 0. The molecule has 1 aromatic rings. The lowest BCUT2D eigenvalue weighted by molar-refractivity contribution is 0.285. The zero-order chi connectivity index (χ0) is 11.1. The second-order valence-electron chi connectivity index (χ2n) is 3.19. The third-order valence-corrected chi connectivity index (χ3v) is 1.97. The third kappa shape index (κ3) is 4.04. The number of aliphatic hydroxyl groups is 1. The summed E-state index contributed by atoms with van der Waals surface area (Å²) in [7, 11) is 1.62. The average molecular weight is 208 g/mol. The Morgan fingerprint density at radius 3 is 2.40 bits per heavy atom. The topological polar surface area (TPSA) is 38.7 Å². The second-order valence-corrected chi connectivity index (χ2v) is 3.19. The molecule has 0 fully saturated rings. The summed E-state index contributed by atoms with van der Waals surface area (Å²) in [5.41, 5.74) is 0.883. The Bertz CT molecular complexity index is 303. The molecule has 1 rings (SSSR count). The minimum absolute atomic E-state index is 0.116. The Kier molecular flexibility index (Phi) is 4.71. The summed E-state index contributed by atoms with van der Waals surface area (Å²) in [5.74, 6) is 1.58. The van der Waals surface area contributed by atoms with Crippen LogP contribution in [0.5, 0.6) is 11.5 Å². The lowest BCUT2D eigenvalue weighted by atomic mass is 10.2. The quantitative estimate of drug-likeness (QED) is 0.727. The molecule has 0 spiro atoms. The molecule has 0 saturated heterocycles. The van der Waals surface area contributed by atoms with Crippen molar-refractivity contribution in [1.29, 1.82) is 0 Å². The van der Waals surface area contributed by atoms with Gasteiger partial charge in [-0.25, -0.2) is 0 Å². The Balaban J connectivity index is 2.40. The minimum Gasteiger partial charge on any atom is -0.497 e. The van der Waals surface area contributed by atoms with Crippen molar-refractivity contribution in [3.8, 4) is 11.5 Å². The number of ether oxygens (including phenoxy) is 2. The number of methoxy groups -OCH3 is 1. The molecule has 1 aromatic carbocycles. The van der Waals surface area contributed by atoms with Gasteiger partial charge in [0, 0.05) is 6.61 Å². The van der Waals surface area contributed by atoms with E-state index in [9.17, 15) is 0 Å². The van der Waals surface area contributed by atoms with Crippen LogP contribution in [0.4, 0.5) is 0 Å². The number of hydrogen-bond acceptors (Lipinski definition) is 3. The van der Waals surface area contributed by atoms with Crippen LogP contribution in [0.25, 0.3) is 0 Å². The molecule has 0 amide bonds. The van der Waals surface area contributed by atoms with E-state index in [2.05, 4.69) is 6.58 Å². The highest BCUT2D eigenvalue weighted by Gasteiger charge is 1.97. The van der Waals surface area contributed by atoms with Crippen LogP contribution in [0.1, 0.15) is 6.42 Å². The zero-order valence-electron chi connectivity index (χ0n) is 8.90. The van der Waals surface area contributed by atoms with Crippen LogP contribution in [0.3, 0.4) is 0 Å². The molecule has 0 saturated carbocycles. The van der Waals surface area contributed by atoms with E-state index < -0.39 is 0 Å². The van der Waals surface area contributed by atoms with E-state index >= 15 is 0 Å². The monoisotopic (exact) mass is 208 g/mol. The van der Waals surface area contributed by atoms with Gasteiger partial charge in [-0.05, 0) is 36.3 Å². The van der Waals surface area contributed by atoms with Gasteiger partial charge in [0.25, 0.3) is 0 Å². The van der Waals surface area contributed by atoms with Gasteiger partial charge in [-0.15, -0.1) is 0 Å². The van der Waals surface area contributed by atoms with Gasteiger partial charge in [-0.1, -0.05) is 6.58 Å².